The molecule has 0 radical (unpaired) electrons. The highest BCUT2D eigenvalue weighted by Gasteiger charge is 2.11. The Balaban J connectivity index is 2.51. The van der Waals surface area contributed by atoms with E-state index >= 15 is 0 Å². The summed E-state index contributed by atoms with van der Waals surface area (Å²) in [7, 11) is 3.13. The Morgan fingerprint density at radius 1 is 1.00 bits per heavy atom. The molecule has 2 aromatic rings. The van der Waals surface area contributed by atoms with E-state index in [1.54, 1.807) is 32.4 Å². The maximum atomic E-state index is 11.2. The summed E-state index contributed by atoms with van der Waals surface area (Å²) in [6, 6.07) is 10.6. The third-order valence-corrected chi connectivity index (χ3v) is 3.61. The van der Waals surface area contributed by atoms with Gasteiger partial charge in [-0.2, -0.15) is 0 Å². The highest BCUT2D eigenvalue weighted by molar-refractivity contribution is 9.10. The lowest BCUT2D eigenvalue weighted by Gasteiger charge is -2.10. The first kappa shape index (κ1) is 14.4. The molecule has 0 aliphatic heterocycles. The van der Waals surface area contributed by atoms with Crippen LogP contribution in [0.15, 0.2) is 40.9 Å². The van der Waals surface area contributed by atoms with Gasteiger partial charge in [0.2, 0.25) is 0 Å². The van der Waals surface area contributed by atoms with Gasteiger partial charge in [-0.3, -0.25) is 0 Å². The van der Waals surface area contributed by atoms with E-state index in [-0.39, 0.29) is 5.56 Å². The summed E-state index contributed by atoms with van der Waals surface area (Å²) in [5.41, 5.74) is 1.88. The zero-order valence-corrected chi connectivity index (χ0v) is 12.6. The number of halogens is 1. The van der Waals surface area contributed by atoms with Crippen LogP contribution in [0, 0.1) is 0 Å². The second-order valence-electron chi connectivity index (χ2n) is 4.07. The van der Waals surface area contributed by atoms with Gasteiger partial charge in [-0.25, -0.2) is 4.79 Å². The van der Waals surface area contributed by atoms with Crippen LogP contribution in [0.4, 0.5) is 0 Å². The molecule has 104 valence electrons. The minimum Gasteiger partial charge on any atom is -0.493 e. The van der Waals surface area contributed by atoms with Crippen molar-refractivity contribution in [3.05, 3.63) is 46.4 Å². The van der Waals surface area contributed by atoms with Gasteiger partial charge in [0.1, 0.15) is 0 Å². The minimum atomic E-state index is -0.973. The van der Waals surface area contributed by atoms with Gasteiger partial charge in [-0.15, -0.1) is 0 Å². The maximum Gasteiger partial charge on any atom is 0.336 e. The quantitative estimate of drug-likeness (QED) is 0.921. The fourth-order valence-electron chi connectivity index (χ4n) is 1.88. The van der Waals surface area contributed by atoms with E-state index in [1.165, 1.54) is 0 Å². The first-order valence-electron chi connectivity index (χ1n) is 5.82. The van der Waals surface area contributed by atoms with E-state index in [9.17, 15) is 4.79 Å². The molecule has 0 aliphatic rings. The standard InChI is InChI=1S/C15H13BrO4/c1-19-13-6-4-10(8-14(13)20-2)9-3-5-12(16)11(7-9)15(17)18/h3-8H,1-2H3,(H,17,18). The number of hydrogen-bond donors (Lipinski definition) is 1. The zero-order valence-electron chi connectivity index (χ0n) is 11.0. The summed E-state index contributed by atoms with van der Waals surface area (Å²) in [6.07, 6.45) is 0. The number of aromatic carboxylic acids is 1. The summed E-state index contributed by atoms with van der Waals surface area (Å²) in [6.45, 7) is 0. The molecule has 0 aromatic heterocycles. The number of carboxylic acids is 1. The smallest absolute Gasteiger partial charge is 0.336 e. The number of rotatable bonds is 4. The molecule has 5 heteroatoms. The molecule has 0 unspecified atom stereocenters. The van der Waals surface area contributed by atoms with E-state index in [0.717, 1.165) is 11.1 Å². The Kier molecular flexibility index (Phi) is 4.29. The molecule has 0 fully saturated rings. The first-order chi connectivity index (χ1) is 9.56. The van der Waals surface area contributed by atoms with Crippen LogP contribution < -0.4 is 9.47 Å². The SMILES string of the molecule is COc1ccc(-c2ccc(Br)c(C(=O)O)c2)cc1OC. The Labute approximate surface area is 125 Å². The summed E-state index contributed by atoms with van der Waals surface area (Å²) in [4.78, 5) is 11.2. The van der Waals surface area contributed by atoms with Gasteiger partial charge in [0.15, 0.2) is 11.5 Å². The van der Waals surface area contributed by atoms with Crippen LogP contribution in [0.5, 0.6) is 11.5 Å². The molecule has 2 aromatic carbocycles. The van der Waals surface area contributed by atoms with Gasteiger partial charge in [-0.1, -0.05) is 12.1 Å². The third-order valence-electron chi connectivity index (χ3n) is 2.91. The average Bonchev–Trinajstić information content (AvgIpc) is 2.46. The molecule has 0 amide bonds. The molecule has 4 nitrogen and oxygen atoms in total. The lowest BCUT2D eigenvalue weighted by atomic mass is 10.0. The molecule has 2 rings (SSSR count). The van der Waals surface area contributed by atoms with Crippen LogP contribution in [0.2, 0.25) is 0 Å². The largest absolute Gasteiger partial charge is 0.493 e. The predicted octanol–water partition coefficient (Wildman–Crippen LogP) is 3.83. The fourth-order valence-corrected chi connectivity index (χ4v) is 2.30. The highest BCUT2D eigenvalue weighted by Crippen LogP contribution is 2.33. The van der Waals surface area contributed by atoms with E-state index in [1.807, 2.05) is 18.2 Å². The lowest BCUT2D eigenvalue weighted by molar-refractivity contribution is 0.0696. The van der Waals surface area contributed by atoms with E-state index < -0.39 is 5.97 Å². The summed E-state index contributed by atoms with van der Waals surface area (Å²) >= 11 is 3.23. The van der Waals surface area contributed by atoms with Crippen molar-refractivity contribution in [1.29, 1.82) is 0 Å². The van der Waals surface area contributed by atoms with Gasteiger partial charge in [0, 0.05) is 4.47 Å². The fraction of sp³-hybridized carbons (Fsp3) is 0.133. The highest BCUT2D eigenvalue weighted by atomic mass is 79.9. The van der Waals surface area contributed by atoms with E-state index in [4.69, 9.17) is 14.6 Å². The van der Waals surface area contributed by atoms with Crippen LogP contribution in [0.25, 0.3) is 11.1 Å². The Morgan fingerprint density at radius 3 is 2.20 bits per heavy atom. The van der Waals surface area contributed by atoms with Crippen LogP contribution >= 0.6 is 15.9 Å². The monoisotopic (exact) mass is 336 g/mol. The molecule has 0 saturated carbocycles. The third kappa shape index (κ3) is 2.77. The van der Waals surface area contributed by atoms with Crippen molar-refractivity contribution >= 4 is 21.9 Å². The van der Waals surface area contributed by atoms with Crippen LogP contribution in [0.1, 0.15) is 10.4 Å². The van der Waals surface area contributed by atoms with Crippen molar-refractivity contribution in [1.82, 2.24) is 0 Å². The normalized spacial score (nSPS) is 10.2. The molecule has 0 atom stereocenters. The van der Waals surface area contributed by atoms with Gasteiger partial charge >= 0.3 is 5.97 Å². The number of hydrogen-bond acceptors (Lipinski definition) is 3. The molecule has 20 heavy (non-hydrogen) atoms. The Morgan fingerprint density at radius 2 is 1.60 bits per heavy atom. The average molecular weight is 337 g/mol. The molecular formula is C15H13BrO4. The van der Waals surface area contributed by atoms with Gasteiger partial charge < -0.3 is 14.6 Å². The van der Waals surface area contributed by atoms with Gasteiger partial charge in [-0.05, 0) is 51.3 Å². The predicted molar refractivity (Wildman–Crippen MR) is 79.6 cm³/mol. The van der Waals surface area contributed by atoms with Crippen LogP contribution in [-0.2, 0) is 0 Å². The number of ether oxygens (including phenoxy) is 2. The number of methoxy groups -OCH3 is 2. The number of carbonyl (C=O) groups is 1. The summed E-state index contributed by atoms with van der Waals surface area (Å²) < 4.78 is 11.0. The molecule has 0 heterocycles. The number of benzene rings is 2. The van der Waals surface area contributed by atoms with Crippen LogP contribution in [-0.4, -0.2) is 25.3 Å². The van der Waals surface area contributed by atoms with Gasteiger partial charge in [0.25, 0.3) is 0 Å². The molecule has 1 N–H and O–H groups in total. The van der Waals surface area contributed by atoms with Crippen molar-refractivity contribution in [2.24, 2.45) is 0 Å². The lowest BCUT2D eigenvalue weighted by Crippen LogP contribution is -1.98. The van der Waals surface area contributed by atoms with Crippen molar-refractivity contribution in [3.8, 4) is 22.6 Å². The van der Waals surface area contributed by atoms with Crippen molar-refractivity contribution in [2.75, 3.05) is 14.2 Å². The molecule has 0 spiro atoms. The van der Waals surface area contributed by atoms with Gasteiger partial charge in [0.05, 0.1) is 19.8 Å². The Bertz CT molecular complexity index is 652. The molecule has 0 bridgehead atoms. The molecule has 0 aliphatic carbocycles. The second kappa shape index (κ2) is 5.96. The summed E-state index contributed by atoms with van der Waals surface area (Å²) in [5, 5.41) is 9.15. The molecule has 0 saturated heterocycles. The minimum absolute atomic E-state index is 0.220. The van der Waals surface area contributed by atoms with Crippen molar-refractivity contribution < 1.29 is 19.4 Å². The van der Waals surface area contributed by atoms with E-state index in [2.05, 4.69) is 15.9 Å². The topological polar surface area (TPSA) is 55.8 Å². The summed E-state index contributed by atoms with van der Waals surface area (Å²) in [5.74, 6) is 0.260. The Hall–Kier alpha value is -2.01. The number of carboxylic acid groups (broad SMARTS) is 1. The maximum absolute atomic E-state index is 11.2. The zero-order chi connectivity index (χ0) is 14.7. The van der Waals surface area contributed by atoms with Crippen molar-refractivity contribution in [3.63, 3.8) is 0 Å². The first-order valence-corrected chi connectivity index (χ1v) is 6.61. The second-order valence-corrected chi connectivity index (χ2v) is 4.92. The van der Waals surface area contributed by atoms with Crippen LogP contribution in [0.3, 0.4) is 0 Å². The molecular weight excluding hydrogens is 324 g/mol. The van der Waals surface area contributed by atoms with Crippen molar-refractivity contribution in [2.45, 2.75) is 0 Å². The van der Waals surface area contributed by atoms with E-state index in [0.29, 0.717) is 16.0 Å².